The molecular formula is C18H20O2. The molecular weight excluding hydrogens is 248 g/mol. The van der Waals surface area contributed by atoms with E-state index in [1.807, 2.05) is 62.4 Å². The van der Waals surface area contributed by atoms with Gasteiger partial charge < -0.3 is 5.11 Å². The summed E-state index contributed by atoms with van der Waals surface area (Å²) in [5.74, 6) is -0.488. The standard InChI is InChI=1S/C18H20O2/c1-12-4-8-15(9-5-12)17(19)14(3)18(20)16-10-6-13(2)7-11-16/h4-11,14,17,19H,1-3H3/t14-,17+/m0/s1. The highest BCUT2D eigenvalue weighted by Crippen LogP contribution is 2.25. The molecule has 2 rings (SSSR count). The SMILES string of the molecule is Cc1ccc(C(=O)[C@@H](C)[C@@H](O)c2ccc(C)cc2)cc1. The van der Waals surface area contributed by atoms with Gasteiger partial charge in [-0.25, -0.2) is 0 Å². The average Bonchev–Trinajstić information content (AvgIpc) is 2.46. The lowest BCUT2D eigenvalue weighted by Crippen LogP contribution is -2.19. The van der Waals surface area contributed by atoms with E-state index in [-0.39, 0.29) is 5.78 Å². The number of hydrogen-bond acceptors (Lipinski definition) is 2. The van der Waals surface area contributed by atoms with E-state index in [2.05, 4.69) is 0 Å². The van der Waals surface area contributed by atoms with Crippen molar-refractivity contribution >= 4 is 5.78 Å². The van der Waals surface area contributed by atoms with Crippen LogP contribution in [-0.2, 0) is 0 Å². The summed E-state index contributed by atoms with van der Waals surface area (Å²) in [5, 5.41) is 10.3. The van der Waals surface area contributed by atoms with Crippen LogP contribution in [0.2, 0.25) is 0 Å². The Labute approximate surface area is 120 Å². The van der Waals surface area contributed by atoms with E-state index in [1.165, 1.54) is 0 Å². The summed E-state index contributed by atoms with van der Waals surface area (Å²) in [6, 6.07) is 15.1. The number of ketones is 1. The Morgan fingerprint density at radius 3 is 1.85 bits per heavy atom. The third-order valence-corrected chi connectivity index (χ3v) is 3.64. The molecule has 0 saturated heterocycles. The van der Waals surface area contributed by atoms with Crippen molar-refractivity contribution in [3.8, 4) is 0 Å². The Balaban J connectivity index is 2.17. The molecule has 20 heavy (non-hydrogen) atoms. The largest absolute Gasteiger partial charge is 0.388 e. The maximum absolute atomic E-state index is 12.4. The van der Waals surface area contributed by atoms with Crippen molar-refractivity contribution in [2.24, 2.45) is 5.92 Å². The summed E-state index contributed by atoms with van der Waals surface area (Å²) in [6.07, 6.45) is -0.774. The first-order chi connectivity index (χ1) is 9.49. The lowest BCUT2D eigenvalue weighted by Gasteiger charge is -2.18. The second-order valence-electron chi connectivity index (χ2n) is 5.37. The van der Waals surface area contributed by atoms with Gasteiger partial charge in [-0.15, -0.1) is 0 Å². The molecule has 0 amide bonds. The second kappa shape index (κ2) is 6.02. The lowest BCUT2D eigenvalue weighted by atomic mass is 9.90. The van der Waals surface area contributed by atoms with Crippen LogP contribution in [0.3, 0.4) is 0 Å². The van der Waals surface area contributed by atoms with Gasteiger partial charge in [-0.2, -0.15) is 0 Å². The van der Waals surface area contributed by atoms with E-state index >= 15 is 0 Å². The van der Waals surface area contributed by atoms with Crippen molar-refractivity contribution in [2.75, 3.05) is 0 Å². The van der Waals surface area contributed by atoms with Crippen molar-refractivity contribution in [2.45, 2.75) is 26.9 Å². The summed E-state index contributed by atoms with van der Waals surface area (Å²) >= 11 is 0. The molecule has 2 nitrogen and oxygen atoms in total. The summed E-state index contributed by atoms with van der Waals surface area (Å²) in [6.45, 7) is 5.75. The predicted molar refractivity (Wildman–Crippen MR) is 80.8 cm³/mol. The number of benzene rings is 2. The van der Waals surface area contributed by atoms with E-state index in [4.69, 9.17) is 0 Å². The minimum Gasteiger partial charge on any atom is -0.388 e. The average molecular weight is 268 g/mol. The van der Waals surface area contributed by atoms with Crippen LogP contribution in [0.1, 0.15) is 40.1 Å². The highest BCUT2D eigenvalue weighted by Gasteiger charge is 2.24. The van der Waals surface area contributed by atoms with Gasteiger partial charge in [0.25, 0.3) is 0 Å². The molecule has 0 aliphatic heterocycles. The monoisotopic (exact) mass is 268 g/mol. The zero-order valence-electron chi connectivity index (χ0n) is 12.1. The Kier molecular flexibility index (Phi) is 4.35. The zero-order valence-corrected chi connectivity index (χ0v) is 12.1. The van der Waals surface area contributed by atoms with Crippen molar-refractivity contribution in [1.29, 1.82) is 0 Å². The van der Waals surface area contributed by atoms with Gasteiger partial charge in [0.1, 0.15) is 0 Å². The normalized spacial score (nSPS) is 13.8. The first kappa shape index (κ1) is 14.5. The van der Waals surface area contributed by atoms with Gasteiger partial charge in [-0.1, -0.05) is 66.6 Å². The fourth-order valence-electron chi connectivity index (χ4n) is 2.18. The second-order valence-corrected chi connectivity index (χ2v) is 5.37. The molecule has 0 heterocycles. The molecule has 0 aliphatic rings. The first-order valence-electron chi connectivity index (χ1n) is 6.84. The first-order valence-corrected chi connectivity index (χ1v) is 6.84. The number of rotatable bonds is 4. The van der Waals surface area contributed by atoms with E-state index in [0.29, 0.717) is 5.56 Å². The predicted octanol–water partition coefficient (Wildman–Crippen LogP) is 3.86. The van der Waals surface area contributed by atoms with Crippen molar-refractivity contribution in [3.63, 3.8) is 0 Å². The van der Waals surface area contributed by atoms with Gasteiger partial charge in [-0.05, 0) is 19.4 Å². The molecule has 1 N–H and O–H groups in total. The van der Waals surface area contributed by atoms with Crippen LogP contribution in [-0.4, -0.2) is 10.9 Å². The highest BCUT2D eigenvalue weighted by molar-refractivity contribution is 5.98. The van der Waals surface area contributed by atoms with Gasteiger partial charge in [0.05, 0.1) is 6.10 Å². The smallest absolute Gasteiger partial charge is 0.168 e. The van der Waals surface area contributed by atoms with E-state index in [0.717, 1.165) is 16.7 Å². The van der Waals surface area contributed by atoms with Gasteiger partial charge in [0, 0.05) is 11.5 Å². The molecule has 0 radical (unpaired) electrons. The summed E-state index contributed by atoms with van der Waals surface area (Å²) in [5.41, 5.74) is 3.68. The molecule has 2 aromatic rings. The Morgan fingerprint density at radius 2 is 1.35 bits per heavy atom. The van der Waals surface area contributed by atoms with Crippen molar-refractivity contribution in [3.05, 3.63) is 70.8 Å². The number of aliphatic hydroxyl groups excluding tert-OH is 1. The van der Waals surface area contributed by atoms with Crippen LogP contribution in [0.4, 0.5) is 0 Å². The molecule has 104 valence electrons. The van der Waals surface area contributed by atoms with Crippen LogP contribution < -0.4 is 0 Å². The number of hydrogen-bond donors (Lipinski definition) is 1. The minimum absolute atomic E-state index is 0.0296. The Bertz CT molecular complexity index is 582. The maximum Gasteiger partial charge on any atom is 0.168 e. The van der Waals surface area contributed by atoms with Gasteiger partial charge in [0.15, 0.2) is 5.78 Å². The molecule has 0 bridgehead atoms. The number of carbonyl (C=O) groups excluding carboxylic acids is 1. The number of aliphatic hydroxyl groups is 1. The minimum atomic E-state index is -0.774. The van der Waals surface area contributed by atoms with Crippen molar-refractivity contribution < 1.29 is 9.90 Å². The molecule has 0 unspecified atom stereocenters. The van der Waals surface area contributed by atoms with E-state index in [9.17, 15) is 9.90 Å². The summed E-state index contributed by atoms with van der Waals surface area (Å²) in [7, 11) is 0. The van der Waals surface area contributed by atoms with Crippen LogP contribution in [0.5, 0.6) is 0 Å². The molecule has 0 aliphatic carbocycles. The molecule has 2 aromatic carbocycles. The number of carbonyl (C=O) groups is 1. The third-order valence-electron chi connectivity index (χ3n) is 3.64. The molecule has 0 fully saturated rings. The van der Waals surface area contributed by atoms with Crippen LogP contribution in [0.25, 0.3) is 0 Å². The fourth-order valence-corrected chi connectivity index (χ4v) is 2.18. The van der Waals surface area contributed by atoms with Crippen LogP contribution >= 0.6 is 0 Å². The van der Waals surface area contributed by atoms with E-state index in [1.54, 1.807) is 6.92 Å². The fraction of sp³-hybridized carbons (Fsp3) is 0.278. The quantitative estimate of drug-likeness (QED) is 0.855. The summed E-state index contributed by atoms with van der Waals surface area (Å²) in [4.78, 5) is 12.4. The lowest BCUT2D eigenvalue weighted by molar-refractivity contribution is 0.0713. The number of aryl methyl sites for hydroxylation is 2. The molecule has 2 atom stereocenters. The van der Waals surface area contributed by atoms with Crippen LogP contribution in [0, 0.1) is 19.8 Å². The highest BCUT2D eigenvalue weighted by atomic mass is 16.3. The topological polar surface area (TPSA) is 37.3 Å². The Morgan fingerprint density at radius 1 is 0.900 bits per heavy atom. The van der Waals surface area contributed by atoms with Crippen molar-refractivity contribution in [1.82, 2.24) is 0 Å². The zero-order chi connectivity index (χ0) is 14.7. The van der Waals surface area contributed by atoms with Gasteiger partial charge in [0.2, 0.25) is 0 Å². The van der Waals surface area contributed by atoms with Gasteiger partial charge >= 0.3 is 0 Å². The molecule has 2 heteroatoms. The Hall–Kier alpha value is -1.93. The van der Waals surface area contributed by atoms with Crippen LogP contribution in [0.15, 0.2) is 48.5 Å². The number of Topliss-reactive ketones (excluding diaryl/α,β-unsaturated/α-hetero) is 1. The van der Waals surface area contributed by atoms with E-state index < -0.39 is 12.0 Å². The molecule has 0 saturated carbocycles. The van der Waals surface area contributed by atoms with Gasteiger partial charge in [-0.3, -0.25) is 4.79 Å². The maximum atomic E-state index is 12.4. The summed E-state index contributed by atoms with van der Waals surface area (Å²) < 4.78 is 0. The molecule has 0 aromatic heterocycles. The third kappa shape index (κ3) is 3.14. The molecule has 0 spiro atoms.